The lowest BCUT2D eigenvalue weighted by Gasteiger charge is -2.35. The van der Waals surface area contributed by atoms with Gasteiger partial charge in [0.15, 0.2) is 0 Å². The number of piperidine rings is 1. The van der Waals surface area contributed by atoms with Gasteiger partial charge in [-0.1, -0.05) is 0 Å². The number of carbonyl (C=O) groups is 1. The van der Waals surface area contributed by atoms with Gasteiger partial charge in [-0.3, -0.25) is 0 Å². The van der Waals surface area contributed by atoms with Gasteiger partial charge in [0.25, 0.3) is 0 Å². The number of hydrogen-bond acceptors (Lipinski definition) is 4. The summed E-state index contributed by atoms with van der Waals surface area (Å²) in [6, 6.07) is 1.19. The molecule has 0 radical (unpaired) electrons. The van der Waals surface area contributed by atoms with Crippen LogP contribution in [0.1, 0.15) is 40.5 Å². The molecule has 0 saturated carbocycles. The van der Waals surface area contributed by atoms with Crippen LogP contribution in [0, 0.1) is 0 Å². The molecule has 5 nitrogen and oxygen atoms in total. The van der Waals surface area contributed by atoms with Gasteiger partial charge in [0.1, 0.15) is 5.60 Å². The SMILES string of the molecule is CC1CC(NCCN(C)C(=O)OC(C)(C)C)CCN1C. The molecule has 1 amide bonds. The van der Waals surface area contributed by atoms with Crippen molar-refractivity contribution in [2.45, 2.75) is 58.2 Å². The molecule has 0 aromatic heterocycles. The lowest BCUT2D eigenvalue weighted by Crippen LogP contribution is -2.47. The molecule has 20 heavy (non-hydrogen) atoms. The van der Waals surface area contributed by atoms with Gasteiger partial charge in [-0.05, 0) is 54.1 Å². The number of hydrogen-bond donors (Lipinski definition) is 1. The van der Waals surface area contributed by atoms with Crippen molar-refractivity contribution in [2.24, 2.45) is 0 Å². The van der Waals surface area contributed by atoms with E-state index in [0.29, 0.717) is 18.6 Å². The summed E-state index contributed by atoms with van der Waals surface area (Å²) in [4.78, 5) is 15.8. The smallest absolute Gasteiger partial charge is 0.410 e. The van der Waals surface area contributed by atoms with Crippen LogP contribution in [-0.4, -0.2) is 67.3 Å². The van der Waals surface area contributed by atoms with E-state index in [9.17, 15) is 4.79 Å². The fraction of sp³-hybridized carbons (Fsp3) is 0.933. The number of rotatable bonds is 4. The minimum Gasteiger partial charge on any atom is -0.444 e. The van der Waals surface area contributed by atoms with Crippen molar-refractivity contribution in [3.63, 3.8) is 0 Å². The quantitative estimate of drug-likeness (QED) is 0.857. The van der Waals surface area contributed by atoms with E-state index in [1.165, 1.54) is 12.8 Å². The number of nitrogens with zero attached hydrogens (tertiary/aromatic N) is 2. The first-order valence-corrected chi connectivity index (χ1v) is 7.57. The predicted octanol–water partition coefficient (Wildman–Crippen LogP) is 1.93. The number of nitrogens with one attached hydrogen (secondary N) is 1. The summed E-state index contributed by atoms with van der Waals surface area (Å²) in [5.74, 6) is 0. The maximum absolute atomic E-state index is 11.8. The zero-order valence-corrected chi connectivity index (χ0v) is 13.9. The van der Waals surface area contributed by atoms with Crippen LogP contribution in [0.3, 0.4) is 0 Å². The highest BCUT2D eigenvalue weighted by Gasteiger charge is 2.23. The summed E-state index contributed by atoms with van der Waals surface area (Å²) in [5.41, 5.74) is -0.428. The summed E-state index contributed by atoms with van der Waals surface area (Å²) < 4.78 is 5.33. The Labute approximate surface area is 123 Å². The van der Waals surface area contributed by atoms with E-state index >= 15 is 0 Å². The Kier molecular flexibility index (Phi) is 6.27. The van der Waals surface area contributed by atoms with Gasteiger partial charge < -0.3 is 19.9 Å². The van der Waals surface area contributed by atoms with Crippen LogP contribution in [-0.2, 0) is 4.74 Å². The largest absolute Gasteiger partial charge is 0.444 e. The highest BCUT2D eigenvalue weighted by atomic mass is 16.6. The Morgan fingerprint density at radius 1 is 1.45 bits per heavy atom. The van der Waals surface area contributed by atoms with Crippen LogP contribution in [0.2, 0.25) is 0 Å². The van der Waals surface area contributed by atoms with Gasteiger partial charge in [-0.25, -0.2) is 4.79 Å². The fourth-order valence-electron chi connectivity index (χ4n) is 2.34. The molecule has 1 aliphatic rings. The van der Waals surface area contributed by atoms with E-state index in [4.69, 9.17) is 4.74 Å². The molecular formula is C15H31N3O2. The molecule has 0 aliphatic carbocycles. The molecule has 0 spiro atoms. The molecule has 0 aromatic rings. The first-order valence-electron chi connectivity index (χ1n) is 7.57. The Balaban J connectivity index is 2.22. The third-order valence-electron chi connectivity index (χ3n) is 3.79. The molecule has 1 fully saturated rings. The molecule has 0 aromatic carbocycles. The van der Waals surface area contributed by atoms with E-state index in [-0.39, 0.29) is 6.09 Å². The molecule has 1 saturated heterocycles. The lowest BCUT2D eigenvalue weighted by molar-refractivity contribution is 0.0297. The third-order valence-corrected chi connectivity index (χ3v) is 3.79. The van der Waals surface area contributed by atoms with Gasteiger partial charge in [-0.15, -0.1) is 0 Å². The summed E-state index contributed by atoms with van der Waals surface area (Å²) >= 11 is 0. The average molecular weight is 285 g/mol. The minimum absolute atomic E-state index is 0.254. The van der Waals surface area contributed by atoms with E-state index in [1.807, 2.05) is 20.8 Å². The molecule has 5 heteroatoms. The Hall–Kier alpha value is -0.810. The number of amides is 1. The molecule has 2 unspecified atom stereocenters. The molecule has 1 aliphatic heterocycles. The minimum atomic E-state index is -0.428. The highest BCUT2D eigenvalue weighted by Crippen LogP contribution is 2.15. The standard InChI is InChI=1S/C15H31N3O2/c1-12-11-13(7-9-17(12)5)16-8-10-18(6)14(19)20-15(2,3)4/h12-13,16H,7-11H2,1-6H3. The van der Waals surface area contributed by atoms with E-state index < -0.39 is 5.60 Å². The number of ether oxygens (including phenoxy) is 1. The summed E-state index contributed by atoms with van der Waals surface area (Å²) in [6.07, 6.45) is 2.10. The van der Waals surface area contributed by atoms with E-state index in [2.05, 4.69) is 24.2 Å². The van der Waals surface area contributed by atoms with Crippen molar-refractivity contribution in [1.82, 2.24) is 15.1 Å². The zero-order chi connectivity index (χ0) is 15.3. The maximum atomic E-state index is 11.8. The second kappa shape index (κ2) is 7.27. The molecule has 1 N–H and O–H groups in total. The zero-order valence-electron chi connectivity index (χ0n) is 13.9. The average Bonchev–Trinajstić information content (AvgIpc) is 2.31. The second-order valence-corrected chi connectivity index (χ2v) is 6.91. The molecule has 1 rings (SSSR count). The second-order valence-electron chi connectivity index (χ2n) is 6.91. The first-order chi connectivity index (χ1) is 9.19. The summed E-state index contributed by atoms with van der Waals surface area (Å²) in [5, 5.41) is 3.55. The van der Waals surface area contributed by atoms with Crippen molar-refractivity contribution in [2.75, 3.05) is 33.7 Å². The predicted molar refractivity (Wildman–Crippen MR) is 82.0 cm³/mol. The van der Waals surface area contributed by atoms with Crippen molar-refractivity contribution < 1.29 is 9.53 Å². The lowest BCUT2D eigenvalue weighted by atomic mass is 9.99. The summed E-state index contributed by atoms with van der Waals surface area (Å²) in [7, 11) is 3.96. The number of likely N-dealkylation sites (N-methyl/N-ethyl adjacent to an activating group) is 1. The molecule has 2 atom stereocenters. The highest BCUT2D eigenvalue weighted by molar-refractivity contribution is 5.67. The summed E-state index contributed by atoms with van der Waals surface area (Å²) in [6.45, 7) is 10.6. The Morgan fingerprint density at radius 2 is 2.10 bits per heavy atom. The fourth-order valence-corrected chi connectivity index (χ4v) is 2.34. The van der Waals surface area contributed by atoms with Crippen LogP contribution in [0.25, 0.3) is 0 Å². The van der Waals surface area contributed by atoms with Crippen molar-refractivity contribution in [3.05, 3.63) is 0 Å². The van der Waals surface area contributed by atoms with Crippen LogP contribution in [0.15, 0.2) is 0 Å². The van der Waals surface area contributed by atoms with Gasteiger partial charge in [0, 0.05) is 32.2 Å². The first kappa shape index (κ1) is 17.2. The van der Waals surface area contributed by atoms with Crippen molar-refractivity contribution >= 4 is 6.09 Å². The van der Waals surface area contributed by atoms with Crippen LogP contribution in [0.5, 0.6) is 0 Å². The molecule has 0 bridgehead atoms. The molecule has 1 heterocycles. The maximum Gasteiger partial charge on any atom is 0.410 e. The van der Waals surface area contributed by atoms with Crippen LogP contribution < -0.4 is 5.32 Å². The third kappa shape index (κ3) is 6.09. The topological polar surface area (TPSA) is 44.8 Å². The van der Waals surface area contributed by atoms with Crippen LogP contribution in [0.4, 0.5) is 4.79 Å². The van der Waals surface area contributed by atoms with E-state index in [0.717, 1.165) is 13.1 Å². The van der Waals surface area contributed by atoms with Gasteiger partial charge in [-0.2, -0.15) is 0 Å². The monoisotopic (exact) mass is 285 g/mol. The van der Waals surface area contributed by atoms with Crippen LogP contribution >= 0.6 is 0 Å². The van der Waals surface area contributed by atoms with Gasteiger partial charge in [0.2, 0.25) is 0 Å². The number of likely N-dealkylation sites (tertiary alicyclic amines) is 1. The van der Waals surface area contributed by atoms with Gasteiger partial charge in [0.05, 0.1) is 0 Å². The Morgan fingerprint density at radius 3 is 2.65 bits per heavy atom. The van der Waals surface area contributed by atoms with Gasteiger partial charge >= 0.3 is 6.09 Å². The van der Waals surface area contributed by atoms with Crippen molar-refractivity contribution in [1.29, 1.82) is 0 Å². The number of carbonyl (C=O) groups excluding carboxylic acids is 1. The molecular weight excluding hydrogens is 254 g/mol. The normalized spacial score (nSPS) is 24.5. The Bertz CT molecular complexity index is 315. The van der Waals surface area contributed by atoms with E-state index in [1.54, 1.807) is 11.9 Å². The van der Waals surface area contributed by atoms with Crippen molar-refractivity contribution in [3.8, 4) is 0 Å². The molecule has 118 valence electrons.